The van der Waals surface area contributed by atoms with Crippen molar-refractivity contribution in [3.8, 4) is 0 Å². The molecule has 2 aromatic rings. The van der Waals surface area contributed by atoms with E-state index in [2.05, 4.69) is 5.32 Å². The quantitative estimate of drug-likeness (QED) is 0.499. The van der Waals surface area contributed by atoms with Crippen molar-refractivity contribution in [2.45, 2.75) is 6.92 Å². The van der Waals surface area contributed by atoms with Gasteiger partial charge in [0.05, 0.1) is 10.5 Å². The van der Waals surface area contributed by atoms with Crippen LogP contribution in [0.2, 0.25) is 0 Å². The van der Waals surface area contributed by atoms with Crippen LogP contribution in [0.1, 0.15) is 15.9 Å². The highest BCUT2D eigenvalue weighted by atomic mass is 127. The maximum absolute atomic E-state index is 12.1. The van der Waals surface area contributed by atoms with Gasteiger partial charge in [0, 0.05) is 21.4 Å². The average Bonchev–Trinajstić information content (AvgIpc) is 2.41. The monoisotopic (exact) mass is 382 g/mol. The van der Waals surface area contributed by atoms with Crippen LogP contribution in [-0.2, 0) is 0 Å². The fraction of sp³-hybridized carbons (Fsp3) is 0.0714. The van der Waals surface area contributed by atoms with Crippen LogP contribution in [0.15, 0.2) is 42.5 Å². The topological polar surface area (TPSA) is 72.2 Å². The summed E-state index contributed by atoms with van der Waals surface area (Å²) in [7, 11) is 0. The van der Waals surface area contributed by atoms with Crippen molar-refractivity contribution in [1.29, 1.82) is 0 Å². The van der Waals surface area contributed by atoms with Gasteiger partial charge in [0.2, 0.25) is 0 Å². The first-order chi connectivity index (χ1) is 9.47. The SMILES string of the molecule is Cc1ccc(NC(=O)c2ccc([N+](=O)[O-])cc2I)cc1. The zero-order valence-electron chi connectivity index (χ0n) is 10.6. The second kappa shape index (κ2) is 6.00. The molecule has 0 saturated carbocycles. The fourth-order valence-corrected chi connectivity index (χ4v) is 2.38. The Balaban J connectivity index is 2.21. The molecular weight excluding hydrogens is 371 g/mol. The Morgan fingerprint density at radius 2 is 1.85 bits per heavy atom. The Labute approximate surface area is 129 Å². The fourth-order valence-electron chi connectivity index (χ4n) is 1.64. The van der Waals surface area contributed by atoms with Gasteiger partial charge in [-0.3, -0.25) is 14.9 Å². The third-order valence-electron chi connectivity index (χ3n) is 2.72. The molecule has 0 unspecified atom stereocenters. The molecule has 0 heterocycles. The maximum atomic E-state index is 12.1. The van der Waals surface area contributed by atoms with Crippen LogP contribution < -0.4 is 5.32 Å². The van der Waals surface area contributed by atoms with E-state index in [1.165, 1.54) is 18.2 Å². The van der Waals surface area contributed by atoms with Gasteiger partial charge < -0.3 is 5.32 Å². The molecule has 1 amide bonds. The summed E-state index contributed by atoms with van der Waals surface area (Å²) in [6.07, 6.45) is 0. The molecule has 0 bridgehead atoms. The van der Waals surface area contributed by atoms with Gasteiger partial charge in [-0.25, -0.2) is 0 Å². The number of nitro benzene ring substituents is 1. The Morgan fingerprint density at radius 1 is 1.20 bits per heavy atom. The molecule has 0 aliphatic heterocycles. The van der Waals surface area contributed by atoms with Crippen LogP contribution in [0.4, 0.5) is 11.4 Å². The smallest absolute Gasteiger partial charge is 0.270 e. The Morgan fingerprint density at radius 3 is 2.40 bits per heavy atom. The number of carbonyl (C=O) groups excluding carboxylic acids is 1. The third-order valence-corrected chi connectivity index (χ3v) is 3.61. The second-order valence-electron chi connectivity index (χ2n) is 4.24. The zero-order chi connectivity index (χ0) is 14.7. The molecule has 0 aliphatic rings. The third kappa shape index (κ3) is 3.32. The standard InChI is InChI=1S/C14H11IN2O3/c1-9-2-4-10(5-3-9)16-14(18)12-7-6-11(17(19)20)8-13(12)15/h2-8H,1H3,(H,16,18). The predicted octanol–water partition coefficient (Wildman–Crippen LogP) is 3.76. The lowest BCUT2D eigenvalue weighted by atomic mass is 10.2. The van der Waals surface area contributed by atoms with Crippen LogP contribution >= 0.6 is 22.6 Å². The molecule has 6 heteroatoms. The average molecular weight is 382 g/mol. The van der Waals surface area contributed by atoms with Crippen molar-refractivity contribution in [3.05, 3.63) is 67.3 Å². The molecule has 0 radical (unpaired) electrons. The first-order valence-electron chi connectivity index (χ1n) is 5.79. The molecule has 0 spiro atoms. The molecular formula is C14H11IN2O3. The van der Waals surface area contributed by atoms with E-state index < -0.39 is 4.92 Å². The molecule has 2 rings (SSSR count). The normalized spacial score (nSPS) is 10.1. The summed E-state index contributed by atoms with van der Waals surface area (Å²) in [5.41, 5.74) is 2.18. The number of carbonyl (C=O) groups is 1. The van der Waals surface area contributed by atoms with E-state index >= 15 is 0 Å². The minimum Gasteiger partial charge on any atom is -0.322 e. The van der Waals surface area contributed by atoms with Crippen molar-refractivity contribution < 1.29 is 9.72 Å². The Kier molecular flexibility index (Phi) is 4.33. The number of nitrogens with zero attached hydrogens (tertiary/aromatic N) is 1. The van der Waals surface area contributed by atoms with E-state index in [1.807, 2.05) is 53.8 Å². The zero-order valence-corrected chi connectivity index (χ0v) is 12.7. The predicted molar refractivity (Wildman–Crippen MR) is 84.9 cm³/mol. The molecule has 0 fully saturated rings. The number of anilines is 1. The van der Waals surface area contributed by atoms with Crippen molar-refractivity contribution in [2.24, 2.45) is 0 Å². The summed E-state index contributed by atoms with van der Waals surface area (Å²) in [6.45, 7) is 1.96. The lowest BCUT2D eigenvalue weighted by Gasteiger charge is -2.07. The van der Waals surface area contributed by atoms with Gasteiger partial charge >= 0.3 is 0 Å². The highest BCUT2D eigenvalue weighted by Gasteiger charge is 2.14. The summed E-state index contributed by atoms with van der Waals surface area (Å²) in [4.78, 5) is 22.3. The second-order valence-corrected chi connectivity index (χ2v) is 5.40. The number of amides is 1. The summed E-state index contributed by atoms with van der Waals surface area (Å²) in [5.74, 6) is -0.284. The number of aryl methyl sites for hydroxylation is 1. The summed E-state index contributed by atoms with van der Waals surface area (Å²) < 4.78 is 0.543. The maximum Gasteiger partial charge on any atom is 0.270 e. The first-order valence-corrected chi connectivity index (χ1v) is 6.87. The molecule has 2 aromatic carbocycles. The van der Waals surface area contributed by atoms with Gasteiger partial charge in [0.25, 0.3) is 11.6 Å². The van der Waals surface area contributed by atoms with E-state index in [0.717, 1.165) is 5.56 Å². The number of nitro groups is 1. The van der Waals surface area contributed by atoms with Crippen molar-refractivity contribution in [3.63, 3.8) is 0 Å². The summed E-state index contributed by atoms with van der Waals surface area (Å²) >= 11 is 1.92. The van der Waals surface area contributed by atoms with Crippen LogP contribution in [0.5, 0.6) is 0 Å². The molecule has 20 heavy (non-hydrogen) atoms. The Bertz CT molecular complexity index is 669. The van der Waals surface area contributed by atoms with E-state index in [0.29, 0.717) is 14.8 Å². The number of halogens is 1. The van der Waals surface area contributed by atoms with Gasteiger partial charge in [-0.1, -0.05) is 17.7 Å². The lowest BCUT2D eigenvalue weighted by molar-refractivity contribution is -0.384. The molecule has 1 N–H and O–H groups in total. The minimum absolute atomic E-state index is 0.0266. The van der Waals surface area contributed by atoms with Crippen molar-refractivity contribution in [2.75, 3.05) is 5.32 Å². The van der Waals surface area contributed by atoms with Crippen LogP contribution in [0.3, 0.4) is 0 Å². The molecule has 0 saturated heterocycles. The van der Waals surface area contributed by atoms with Crippen molar-refractivity contribution in [1.82, 2.24) is 0 Å². The molecule has 0 aromatic heterocycles. The van der Waals surface area contributed by atoms with Gasteiger partial charge in [-0.05, 0) is 47.7 Å². The highest BCUT2D eigenvalue weighted by molar-refractivity contribution is 14.1. The van der Waals surface area contributed by atoms with E-state index in [1.54, 1.807) is 0 Å². The molecule has 5 nitrogen and oxygen atoms in total. The summed E-state index contributed by atoms with van der Waals surface area (Å²) in [6, 6.07) is 11.6. The van der Waals surface area contributed by atoms with Crippen LogP contribution in [0.25, 0.3) is 0 Å². The van der Waals surface area contributed by atoms with Gasteiger partial charge in [0.1, 0.15) is 0 Å². The Hall–Kier alpha value is -1.96. The van der Waals surface area contributed by atoms with Gasteiger partial charge in [0.15, 0.2) is 0 Å². The first kappa shape index (κ1) is 14.4. The van der Waals surface area contributed by atoms with Crippen LogP contribution in [-0.4, -0.2) is 10.8 Å². The summed E-state index contributed by atoms with van der Waals surface area (Å²) in [5, 5.41) is 13.4. The largest absolute Gasteiger partial charge is 0.322 e. The number of benzene rings is 2. The minimum atomic E-state index is -0.482. The van der Waals surface area contributed by atoms with E-state index in [-0.39, 0.29) is 11.6 Å². The number of nitrogens with one attached hydrogen (secondary N) is 1. The number of rotatable bonds is 3. The van der Waals surface area contributed by atoms with Gasteiger partial charge in [-0.2, -0.15) is 0 Å². The van der Waals surface area contributed by atoms with Crippen molar-refractivity contribution >= 4 is 39.9 Å². The lowest BCUT2D eigenvalue weighted by Crippen LogP contribution is -2.13. The molecule has 102 valence electrons. The number of hydrogen-bond donors (Lipinski definition) is 1. The van der Waals surface area contributed by atoms with E-state index in [9.17, 15) is 14.9 Å². The van der Waals surface area contributed by atoms with Gasteiger partial charge in [-0.15, -0.1) is 0 Å². The van der Waals surface area contributed by atoms with Crippen LogP contribution in [0, 0.1) is 20.6 Å². The van der Waals surface area contributed by atoms with E-state index in [4.69, 9.17) is 0 Å². The molecule has 0 aliphatic carbocycles. The number of non-ortho nitro benzene ring substituents is 1. The number of hydrogen-bond acceptors (Lipinski definition) is 3. The molecule has 0 atom stereocenters. The highest BCUT2D eigenvalue weighted by Crippen LogP contribution is 2.21.